The van der Waals surface area contributed by atoms with Gasteiger partial charge in [0.15, 0.2) is 0 Å². The molecule has 1 amide bonds. The molecule has 0 saturated heterocycles. The number of carbonyl (C=O) groups excluding carboxylic acids is 1. The lowest BCUT2D eigenvalue weighted by Gasteiger charge is -2.06. The molecule has 0 heterocycles. The Morgan fingerprint density at radius 2 is 2.00 bits per heavy atom. The highest BCUT2D eigenvalue weighted by Crippen LogP contribution is 2.14. The van der Waals surface area contributed by atoms with E-state index in [2.05, 4.69) is 41.2 Å². The summed E-state index contributed by atoms with van der Waals surface area (Å²) < 4.78 is 0. The number of hydrogen-bond acceptors (Lipinski definition) is 3. The van der Waals surface area contributed by atoms with Crippen LogP contribution in [0.1, 0.15) is 12.5 Å². The van der Waals surface area contributed by atoms with Crippen molar-refractivity contribution >= 4 is 17.7 Å². The van der Waals surface area contributed by atoms with Gasteiger partial charge in [0.25, 0.3) is 0 Å². The highest BCUT2D eigenvalue weighted by atomic mass is 32.2. The van der Waals surface area contributed by atoms with Crippen LogP contribution in [0.5, 0.6) is 0 Å². The van der Waals surface area contributed by atoms with Crippen LogP contribution in [0.3, 0.4) is 0 Å². The van der Waals surface area contributed by atoms with Gasteiger partial charge in [-0.15, -0.1) is 11.8 Å². The minimum atomic E-state index is 0.0626. The average Bonchev–Trinajstić information content (AvgIpc) is 2.37. The second-order valence-corrected chi connectivity index (χ2v) is 4.61. The van der Waals surface area contributed by atoms with Crippen LogP contribution in [0.4, 0.5) is 0 Å². The van der Waals surface area contributed by atoms with E-state index in [1.165, 1.54) is 10.5 Å². The number of nitrogens with one attached hydrogen (secondary N) is 2. The van der Waals surface area contributed by atoms with E-state index >= 15 is 0 Å². The van der Waals surface area contributed by atoms with Gasteiger partial charge >= 0.3 is 0 Å². The Hall–Kier alpha value is -1.00. The van der Waals surface area contributed by atoms with Gasteiger partial charge in [0.05, 0.1) is 6.54 Å². The molecule has 3 nitrogen and oxygen atoms in total. The van der Waals surface area contributed by atoms with Crippen molar-refractivity contribution in [1.29, 1.82) is 0 Å². The van der Waals surface area contributed by atoms with E-state index in [0.29, 0.717) is 13.1 Å². The SMILES string of the molecule is CCNCC(=O)NCCc1ccc(SC)cc1. The molecule has 1 aromatic carbocycles. The van der Waals surface area contributed by atoms with Crippen LogP contribution in [0.25, 0.3) is 0 Å². The zero-order valence-corrected chi connectivity index (χ0v) is 11.3. The van der Waals surface area contributed by atoms with Gasteiger partial charge in [0.2, 0.25) is 5.91 Å². The van der Waals surface area contributed by atoms with Gasteiger partial charge in [-0.2, -0.15) is 0 Å². The fourth-order valence-electron chi connectivity index (χ4n) is 1.44. The normalized spacial score (nSPS) is 10.2. The van der Waals surface area contributed by atoms with Crippen molar-refractivity contribution in [2.24, 2.45) is 0 Å². The molecule has 0 aliphatic carbocycles. The van der Waals surface area contributed by atoms with Gasteiger partial charge in [-0.25, -0.2) is 0 Å². The summed E-state index contributed by atoms with van der Waals surface area (Å²) in [5.74, 6) is 0.0626. The van der Waals surface area contributed by atoms with E-state index in [4.69, 9.17) is 0 Å². The van der Waals surface area contributed by atoms with Crippen LogP contribution in [-0.4, -0.2) is 31.8 Å². The number of carbonyl (C=O) groups is 1. The first kappa shape index (κ1) is 14.1. The fourth-order valence-corrected chi connectivity index (χ4v) is 1.85. The van der Waals surface area contributed by atoms with E-state index in [1.54, 1.807) is 11.8 Å². The summed E-state index contributed by atoms with van der Waals surface area (Å²) in [4.78, 5) is 12.6. The first-order chi connectivity index (χ1) is 8.26. The topological polar surface area (TPSA) is 41.1 Å². The first-order valence-electron chi connectivity index (χ1n) is 5.86. The van der Waals surface area contributed by atoms with Crippen molar-refractivity contribution in [1.82, 2.24) is 10.6 Å². The minimum absolute atomic E-state index is 0.0626. The van der Waals surface area contributed by atoms with Gasteiger partial charge in [-0.1, -0.05) is 19.1 Å². The highest BCUT2D eigenvalue weighted by molar-refractivity contribution is 7.98. The highest BCUT2D eigenvalue weighted by Gasteiger charge is 1.99. The summed E-state index contributed by atoms with van der Waals surface area (Å²) in [6.45, 7) is 3.91. The monoisotopic (exact) mass is 252 g/mol. The molecule has 2 N–H and O–H groups in total. The van der Waals surface area contributed by atoms with Gasteiger partial charge < -0.3 is 10.6 Å². The first-order valence-corrected chi connectivity index (χ1v) is 7.09. The Balaban J connectivity index is 2.23. The maximum atomic E-state index is 11.3. The Bertz CT molecular complexity index is 338. The number of rotatable bonds is 7. The van der Waals surface area contributed by atoms with Crippen molar-refractivity contribution in [2.45, 2.75) is 18.2 Å². The van der Waals surface area contributed by atoms with Crippen LogP contribution in [0.2, 0.25) is 0 Å². The summed E-state index contributed by atoms with van der Waals surface area (Å²) in [6, 6.07) is 8.45. The van der Waals surface area contributed by atoms with Crippen LogP contribution in [-0.2, 0) is 11.2 Å². The van der Waals surface area contributed by atoms with Crippen LogP contribution < -0.4 is 10.6 Å². The Labute approximate surface area is 107 Å². The van der Waals surface area contributed by atoms with Crippen LogP contribution in [0, 0.1) is 0 Å². The maximum absolute atomic E-state index is 11.3. The predicted octanol–water partition coefficient (Wildman–Crippen LogP) is 1.68. The zero-order chi connectivity index (χ0) is 12.5. The molecule has 0 atom stereocenters. The molecule has 0 saturated carbocycles. The second kappa shape index (κ2) is 8.14. The lowest BCUT2D eigenvalue weighted by molar-refractivity contribution is -0.120. The number of likely N-dealkylation sites (N-methyl/N-ethyl adjacent to an activating group) is 1. The molecule has 1 aromatic rings. The fraction of sp³-hybridized carbons (Fsp3) is 0.462. The van der Waals surface area contributed by atoms with Crippen molar-refractivity contribution in [3.05, 3.63) is 29.8 Å². The zero-order valence-electron chi connectivity index (χ0n) is 10.5. The van der Waals surface area contributed by atoms with Crippen molar-refractivity contribution < 1.29 is 4.79 Å². The summed E-state index contributed by atoms with van der Waals surface area (Å²) >= 11 is 1.74. The lowest BCUT2D eigenvalue weighted by Crippen LogP contribution is -2.34. The molecule has 0 unspecified atom stereocenters. The molecule has 0 aromatic heterocycles. The number of hydrogen-bond donors (Lipinski definition) is 2. The molecule has 0 fully saturated rings. The number of benzene rings is 1. The van der Waals surface area contributed by atoms with E-state index in [9.17, 15) is 4.79 Å². The van der Waals surface area contributed by atoms with Gasteiger partial charge in [-0.3, -0.25) is 4.79 Å². The van der Waals surface area contributed by atoms with Gasteiger partial charge in [0.1, 0.15) is 0 Å². The molecule has 4 heteroatoms. The molecule has 0 radical (unpaired) electrons. The standard InChI is InChI=1S/C13H20N2OS/c1-3-14-10-13(16)15-9-8-11-4-6-12(17-2)7-5-11/h4-7,14H,3,8-10H2,1-2H3,(H,15,16). The van der Waals surface area contributed by atoms with Crippen LogP contribution >= 0.6 is 11.8 Å². The molecular formula is C13H20N2OS. The molecule has 0 bridgehead atoms. The Morgan fingerprint density at radius 1 is 1.29 bits per heavy atom. The number of amides is 1. The van der Waals surface area contributed by atoms with E-state index in [1.807, 2.05) is 6.92 Å². The largest absolute Gasteiger partial charge is 0.355 e. The lowest BCUT2D eigenvalue weighted by atomic mass is 10.1. The third kappa shape index (κ3) is 5.75. The van der Waals surface area contributed by atoms with Crippen molar-refractivity contribution in [2.75, 3.05) is 25.9 Å². The maximum Gasteiger partial charge on any atom is 0.233 e. The summed E-state index contributed by atoms with van der Waals surface area (Å²) in [6.07, 6.45) is 2.95. The molecule has 0 aliphatic heterocycles. The van der Waals surface area contributed by atoms with Gasteiger partial charge in [0, 0.05) is 11.4 Å². The Kier molecular flexibility index (Phi) is 6.74. The molecule has 1 rings (SSSR count). The van der Waals surface area contributed by atoms with Gasteiger partial charge in [-0.05, 0) is 36.9 Å². The molecular weight excluding hydrogens is 232 g/mol. The third-order valence-electron chi connectivity index (χ3n) is 2.43. The second-order valence-electron chi connectivity index (χ2n) is 3.73. The quantitative estimate of drug-likeness (QED) is 0.725. The number of thioether (sulfide) groups is 1. The summed E-state index contributed by atoms with van der Waals surface area (Å²) in [5, 5.41) is 5.88. The van der Waals surface area contributed by atoms with E-state index in [-0.39, 0.29) is 5.91 Å². The molecule has 94 valence electrons. The third-order valence-corrected chi connectivity index (χ3v) is 3.17. The Morgan fingerprint density at radius 3 is 2.59 bits per heavy atom. The van der Waals surface area contributed by atoms with Crippen LogP contribution in [0.15, 0.2) is 29.2 Å². The minimum Gasteiger partial charge on any atom is -0.355 e. The molecule has 17 heavy (non-hydrogen) atoms. The summed E-state index contributed by atoms with van der Waals surface area (Å²) in [5.41, 5.74) is 1.26. The van der Waals surface area contributed by atoms with E-state index < -0.39 is 0 Å². The van der Waals surface area contributed by atoms with Crippen molar-refractivity contribution in [3.8, 4) is 0 Å². The van der Waals surface area contributed by atoms with Crippen molar-refractivity contribution in [3.63, 3.8) is 0 Å². The average molecular weight is 252 g/mol. The summed E-state index contributed by atoms with van der Waals surface area (Å²) in [7, 11) is 0. The molecule has 0 aliphatic rings. The predicted molar refractivity (Wildman–Crippen MR) is 73.5 cm³/mol. The molecule has 0 spiro atoms. The smallest absolute Gasteiger partial charge is 0.233 e. The van der Waals surface area contributed by atoms with E-state index in [0.717, 1.165) is 13.0 Å².